The molecule has 2 aromatic rings. The molecule has 1 aliphatic heterocycles. The normalized spacial score (nSPS) is 17.1. The predicted octanol–water partition coefficient (Wildman–Crippen LogP) is 0.236. The summed E-state index contributed by atoms with van der Waals surface area (Å²) in [4.78, 5) is 32.7. The molecule has 0 spiro atoms. The molecule has 1 fully saturated rings. The molecular weight excluding hydrogens is 322 g/mol. The van der Waals surface area contributed by atoms with Gasteiger partial charge in [-0.05, 0) is 33.6 Å². The average Bonchev–Trinajstić information content (AvgIpc) is 2.93. The van der Waals surface area contributed by atoms with Crippen molar-refractivity contribution in [3.63, 3.8) is 0 Å². The molecule has 1 saturated heterocycles. The summed E-state index contributed by atoms with van der Waals surface area (Å²) < 4.78 is 1.76. The van der Waals surface area contributed by atoms with Gasteiger partial charge in [-0.15, -0.1) is 0 Å². The number of hydrogen-bond acceptors (Lipinski definition) is 6. The van der Waals surface area contributed by atoms with Crippen LogP contribution in [0.25, 0.3) is 11.0 Å². The van der Waals surface area contributed by atoms with Crippen molar-refractivity contribution >= 4 is 22.9 Å². The Morgan fingerprint density at radius 2 is 2.08 bits per heavy atom. The lowest BCUT2D eigenvalue weighted by molar-refractivity contribution is -0.119. The summed E-state index contributed by atoms with van der Waals surface area (Å²) in [5.74, 6) is 0.148. The van der Waals surface area contributed by atoms with Crippen LogP contribution < -0.4 is 16.6 Å². The summed E-state index contributed by atoms with van der Waals surface area (Å²) in [6, 6.07) is 0.190. The van der Waals surface area contributed by atoms with Crippen molar-refractivity contribution in [2.45, 2.75) is 45.2 Å². The zero-order valence-electron chi connectivity index (χ0n) is 14.9. The summed E-state index contributed by atoms with van der Waals surface area (Å²) in [5.41, 5.74) is 5.35. The number of rotatable bonds is 4. The van der Waals surface area contributed by atoms with Gasteiger partial charge in [-0.1, -0.05) is 0 Å². The Labute approximate surface area is 145 Å². The van der Waals surface area contributed by atoms with E-state index in [4.69, 9.17) is 5.73 Å². The summed E-state index contributed by atoms with van der Waals surface area (Å²) in [5, 5.41) is 8.10. The first-order valence-electron chi connectivity index (χ1n) is 8.50. The molecule has 0 radical (unpaired) electrons. The summed E-state index contributed by atoms with van der Waals surface area (Å²) >= 11 is 0. The molecule has 9 heteroatoms. The SMILES string of the molecule is CC(C)(C)n1ncc2c(=O)[nH]c(NC3CCN(CC(N)=O)CC3)nc21. The zero-order chi connectivity index (χ0) is 18.2. The van der Waals surface area contributed by atoms with Crippen LogP contribution in [0.15, 0.2) is 11.0 Å². The van der Waals surface area contributed by atoms with Crippen molar-refractivity contribution in [2.75, 3.05) is 25.0 Å². The minimum Gasteiger partial charge on any atom is -0.369 e. The Kier molecular flexibility index (Phi) is 4.51. The third kappa shape index (κ3) is 3.81. The van der Waals surface area contributed by atoms with Crippen molar-refractivity contribution in [1.82, 2.24) is 24.6 Å². The lowest BCUT2D eigenvalue weighted by Gasteiger charge is -2.31. The first-order valence-corrected chi connectivity index (χ1v) is 8.50. The van der Waals surface area contributed by atoms with Crippen LogP contribution in [-0.2, 0) is 10.3 Å². The van der Waals surface area contributed by atoms with Crippen LogP contribution in [0.3, 0.4) is 0 Å². The number of nitrogens with zero attached hydrogens (tertiary/aromatic N) is 4. The van der Waals surface area contributed by atoms with Crippen LogP contribution in [0.1, 0.15) is 33.6 Å². The highest BCUT2D eigenvalue weighted by Gasteiger charge is 2.23. The number of piperidine rings is 1. The largest absolute Gasteiger partial charge is 0.369 e. The molecule has 4 N–H and O–H groups in total. The Morgan fingerprint density at radius 1 is 1.40 bits per heavy atom. The number of likely N-dealkylation sites (tertiary alicyclic amines) is 1. The van der Waals surface area contributed by atoms with Crippen molar-refractivity contribution in [3.8, 4) is 0 Å². The molecule has 3 heterocycles. The highest BCUT2D eigenvalue weighted by molar-refractivity contribution is 5.76. The van der Waals surface area contributed by atoms with Gasteiger partial charge < -0.3 is 11.1 Å². The molecule has 0 aromatic carbocycles. The molecule has 0 unspecified atom stereocenters. The molecule has 0 atom stereocenters. The van der Waals surface area contributed by atoms with E-state index >= 15 is 0 Å². The van der Waals surface area contributed by atoms with Crippen molar-refractivity contribution < 1.29 is 4.79 Å². The van der Waals surface area contributed by atoms with Gasteiger partial charge in [-0.3, -0.25) is 19.5 Å². The number of amides is 1. The average molecular weight is 347 g/mol. The fourth-order valence-corrected chi connectivity index (χ4v) is 3.13. The zero-order valence-corrected chi connectivity index (χ0v) is 14.9. The summed E-state index contributed by atoms with van der Waals surface area (Å²) in [7, 11) is 0. The van der Waals surface area contributed by atoms with Gasteiger partial charge in [-0.25, -0.2) is 4.68 Å². The Hall–Kier alpha value is -2.42. The van der Waals surface area contributed by atoms with Crippen LogP contribution in [0.2, 0.25) is 0 Å². The Balaban J connectivity index is 1.76. The molecule has 0 aliphatic carbocycles. The third-order valence-electron chi connectivity index (χ3n) is 4.38. The molecule has 3 rings (SSSR count). The first-order chi connectivity index (χ1) is 11.7. The highest BCUT2D eigenvalue weighted by atomic mass is 16.1. The maximum absolute atomic E-state index is 12.3. The van der Waals surface area contributed by atoms with E-state index in [1.807, 2.05) is 25.7 Å². The van der Waals surface area contributed by atoms with Gasteiger partial charge in [0.2, 0.25) is 11.9 Å². The molecule has 9 nitrogen and oxygen atoms in total. The van der Waals surface area contributed by atoms with Crippen LogP contribution in [0, 0.1) is 0 Å². The molecule has 1 amide bonds. The van der Waals surface area contributed by atoms with Crippen LogP contribution in [0.5, 0.6) is 0 Å². The number of fused-ring (bicyclic) bond motifs is 1. The van der Waals surface area contributed by atoms with Crippen LogP contribution in [0.4, 0.5) is 5.95 Å². The van der Waals surface area contributed by atoms with Crippen LogP contribution >= 0.6 is 0 Å². The molecule has 136 valence electrons. The van der Waals surface area contributed by atoms with Crippen molar-refractivity contribution in [2.24, 2.45) is 5.73 Å². The standard InChI is InChI=1S/C16H25N7O2/c1-16(2,3)23-13-11(8-18-23)14(25)21-15(20-13)19-10-4-6-22(7-5-10)9-12(17)24/h8,10H,4-7,9H2,1-3H3,(H2,17,24)(H2,19,20,21,25). The maximum atomic E-state index is 12.3. The van der Waals surface area contributed by atoms with E-state index in [9.17, 15) is 9.59 Å². The Morgan fingerprint density at radius 3 is 2.68 bits per heavy atom. The van der Waals surface area contributed by atoms with Gasteiger partial charge >= 0.3 is 0 Å². The number of nitrogens with one attached hydrogen (secondary N) is 2. The van der Waals surface area contributed by atoms with Gasteiger partial charge in [0.05, 0.1) is 18.3 Å². The van der Waals surface area contributed by atoms with E-state index < -0.39 is 0 Å². The molecule has 0 saturated carbocycles. The second-order valence-corrected chi connectivity index (χ2v) is 7.54. The maximum Gasteiger partial charge on any atom is 0.263 e. The molecule has 0 bridgehead atoms. The monoisotopic (exact) mass is 347 g/mol. The Bertz CT molecular complexity index is 825. The number of aromatic amines is 1. The minimum absolute atomic E-state index is 0.190. The number of H-pyrrole nitrogens is 1. The molecule has 25 heavy (non-hydrogen) atoms. The van der Waals surface area contributed by atoms with Gasteiger partial charge in [0, 0.05) is 19.1 Å². The van der Waals surface area contributed by atoms with Gasteiger partial charge in [0.15, 0.2) is 5.65 Å². The van der Waals surface area contributed by atoms with Gasteiger partial charge in [0.25, 0.3) is 5.56 Å². The lowest BCUT2D eigenvalue weighted by Crippen LogP contribution is -2.43. The predicted molar refractivity (Wildman–Crippen MR) is 95.4 cm³/mol. The second kappa shape index (κ2) is 6.47. The first kappa shape index (κ1) is 17.4. The summed E-state index contributed by atoms with van der Waals surface area (Å²) in [6.45, 7) is 7.91. The highest BCUT2D eigenvalue weighted by Crippen LogP contribution is 2.20. The third-order valence-corrected chi connectivity index (χ3v) is 4.38. The second-order valence-electron chi connectivity index (χ2n) is 7.54. The van der Waals surface area contributed by atoms with E-state index in [0.29, 0.717) is 23.5 Å². The van der Waals surface area contributed by atoms with Crippen molar-refractivity contribution in [3.05, 3.63) is 16.6 Å². The van der Waals surface area contributed by atoms with E-state index in [0.717, 1.165) is 25.9 Å². The van der Waals surface area contributed by atoms with Gasteiger partial charge in [0.1, 0.15) is 5.39 Å². The van der Waals surface area contributed by atoms with Crippen LogP contribution in [-0.4, -0.2) is 56.2 Å². The van der Waals surface area contributed by atoms with Gasteiger partial charge in [-0.2, -0.15) is 10.1 Å². The number of hydrogen-bond donors (Lipinski definition) is 3. The topological polar surface area (TPSA) is 122 Å². The van der Waals surface area contributed by atoms with E-state index in [2.05, 4.69) is 20.4 Å². The van der Waals surface area contributed by atoms with Crippen molar-refractivity contribution in [1.29, 1.82) is 0 Å². The number of anilines is 1. The molecule has 1 aliphatic rings. The fraction of sp³-hybridized carbons (Fsp3) is 0.625. The van der Waals surface area contributed by atoms with E-state index in [-0.39, 0.29) is 23.0 Å². The smallest absolute Gasteiger partial charge is 0.263 e. The fourth-order valence-electron chi connectivity index (χ4n) is 3.13. The molecule has 2 aromatic heterocycles. The van der Waals surface area contributed by atoms with E-state index in [1.165, 1.54) is 0 Å². The number of nitrogens with two attached hydrogens (primary N) is 1. The molecular formula is C16H25N7O2. The quantitative estimate of drug-likeness (QED) is 0.728. The lowest BCUT2D eigenvalue weighted by atomic mass is 10.1. The number of carbonyl (C=O) groups excluding carboxylic acids is 1. The minimum atomic E-state index is -0.307. The van der Waals surface area contributed by atoms with E-state index in [1.54, 1.807) is 10.9 Å². The number of primary amides is 1. The number of carbonyl (C=O) groups is 1. The number of aromatic nitrogens is 4. The summed E-state index contributed by atoms with van der Waals surface area (Å²) in [6.07, 6.45) is 3.26.